The summed E-state index contributed by atoms with van der Waals surface area (Å²) in [5.41, 5.74) is 2.52. The van der Waals surface area contributed by atoms with Crippen LogP contribution < -0.4 is 15.1 Å². The third kappa shape index (κ3) is 1.76. The zero-order valence-electron chi connectivity index (χ0n) is 10.9. The number of hydrogen-bond acceptors (Lipinski definition) is 4. The molecule has 0 saturated carbocycles. The van der Waals surface area contributed by atoms with E-state index in [9.17, 15) is 4.79 Å². The van der Waals surface area contributed by atoms with E-state index in [0.29, 0.717) is 18.7 Å². The van der Waals surface area contributed by atoms with Gasteiger partial charge in [-0.2, -0.15) is 5.26 Å². The molecule has 2 heterocycles. The van der Waals surface area contributed by atoms with Crippen LogP contribution in [0.15, 0.2) is 18.2 Å². The lowest BCUT2D eigenvalue weighted by atomic mass is 10.0. The standard InChI is InChI=1S/C14H16N4O/c1-2-17-12-7-10(8-15)3-4-11(12)18-6-5-16-9-13(18)14(17)19/h3-4,7,13,16H,2,5-6,9H2,1H3. The first-order valence-corrected chi connectivity index (χ1v) is 6.59. The van der Waals surface area contributed by atoms with Crippen LogP contribution in [0.4, 0.5) is 11.4 Å². The van der Waals surface area contributed by atoms with Gasteiger partial charge in [0.15, 0.2) is 0 Å². The third-order valence-electron chi connectivity index (χ3n) is 3.82. The number of fused-ring (bicyclic) bond motifs is 3. The molecule has 0 bridgehead atoms. The number of nitrogens with one attached hydrogen (secondary N) is 1. The van der Waals surface area contributed by atoms with Gasteiger partial charge >= 0.3 is 0 Å². The van der Waals surface area contributed by atoms with Crippen molar-refractivity contribution >= 4 is 17.3 Å². The third-order valence-corrected chi connectivity index (χ3v) is 3.82. The van der Waals surface area contributed by atoms with E-state index in [1.54, 1.807) is 4.90 Å². The maximum atomic E-state index is 12.5. The highest BCUT2D eigenvalue weighted by Crippen LogP contribution is 2.37. The van der Waals surface area contributed by atoms with E-state index in [0.717, 1.165) is 24.5 Å². The number of benzene rings is 1. The van der Waals surface area contributed by atoms with Gasteiger partial charge in [-0.05, 0) is 25.1 Å². The Morgan fingerprint density at radius 1 is 1.47 bits per heavy atom. The summed E-state index contributed by atoms with van der Waals surface area (Å²) in [7, 11) is 0. The molecule has 98 valence electrons. The number of likely N-dealkylation sites (N-methyl/N-ethyl adjacent to an activating group) is 1. The van der Waals surface area contributed by atoms with E-state index < -0.39 is 0 Å². The average molecular weight is 256 g/mol. The smallest absolute Gasteiger partial charge is 0.251 e. The number of amides is 1. The van der Waals surface area contributed by atoms with Crippen molar-refractivity contribution in [3.63, 3.8) is 0 Å². The molecule has 2 aliphatic heterocycles. The molecule has 1 aromatic rings. The van der Waals surface area contributed by atoms with Crippen molar-refractivity contribution in [1.29, 1.82) is 5.26 Å². The second-order valence-corrected chi connectivity index (χ2v) is 4.81. The summed E-state index contributed by atoms with van der Waals surface area (Å²) < 4.78 is 0. The van der Waals surface area contributed by atoms with Crippen LogP contribution in [-0.4, -0.2) is 38.1 Å². The average Bonchev–Trinajstić information content (AvgIpc) is 2.47. The predicted molar refractivity (Wildman–Crippen MR) is 73.2 cm³/mol. The lowest BCUT2D eigenvalue weighted by Crippen LogP contribution is -2.61. The lowest BCUT2D eigenvalue weighted by molar-refractivity contribution is -0.120. The molecule has 0 aliphatic carbocycles. The molecular weight excluding hydrogens is 240 g/mol. The molecule has 1 atom stereocenters. The Bertz CT molecular complexity index is 563. The van der Waals surface area contributed by atoms with Crippen LogP contribution in [0.5, 0.6) is 0 Å². The summed E-state index contributed by atoms with van der Waals surface area (Å²) in [6.07, 6.45) is 0. The number of nitrogens with zero attached hydrogens (tertiary/aromatic N) is 3. The first-order valence-electron chi connectivity index (χ1n) is 6.59. The minimum atomic E-state index is -0.117. The van der Waals surface area contributed by atoms with Gasteiger partial charge in [0.05, 0.1) is 23.0 Å². The van der Waals surface area contributed by atoms with Crippen molar-refractivity contribution in [3.05, 3.63) is 23.8 Å². The Kier molecular flexibility index (Phi) is 2.88. The molecule has 19 heavy (non-hydrogen) atoms. The van der Waals surface area contributed by atoms with Crippen LogP contribution in [0.2, 0.25) is 0 Å². The Labute approximate surface area is 112 Å². The Morgan fingerprint density at radius 3 is 3.05 bits per heavy atom. The highest BCUT2D eigenvalue weighted by Gasteiger charge is 2.38. The summed E-state index contributed by atoms with van der Waals surface area (Å²) in [6, 6.07) is 7.62. The first kappa shape index (κ1) is 12.0. The topological polar surface area (TPSA) is 59.4 Å². The fourth-order valence-electron chi connectivity index (χ4n) is 2.89. The van der Waals surface area contributed by atoms with Crippen LogP contribution >= 0.6 is 0 Å². The molecule has 3 rings (SSSR count). The van der Waals surface area contributed by atoms with Crippen molar-refractivity contribution in [3.8, 4) is 6.07 Å². The van der Waals surface area contributed by atoms with Gasteiger partial charge in [0, 0.05) is 26.2 Å². The highest BCUT2D eigenvalue weighted by atomic mass is 16.2. The number of carbonyl (C=O) groups excluding carboxylic acids is 1. The number of anilines is 2. The lowest BCUT2D eigenvalue weighted by Gasteiger charge is -2.45. The van der Waals surface area contributed by atoms with Gasteiger partial charge in [-0.25, -0.2) is 0 Å². The van der Waals surface area contributed by atoms with Crippen molar-refractivity contribution in [2.24, 2.45) is 0 Å². The van der Waals surface area contributed by atoms with Gasteiger partial charge < -0.3 is 15.1 Å². The number of hydrogen-bond donors (Lipinski definition) is 1. The molecule has 1 fully saturated rings. The quantitative estimate of drug-likeness (QED) is 0.803. The van der Waals surface area contributed by atoms with Crippen LogP contribution in [0.3, 0.4) is 0 Å². The Balaban J connectivity index is 2.13. The number of nitriles is 1. The molecule has 1 unspecified atom stereocenters. The molecule has 5 nitrogen and oxygen atoms in total. The minimum Gasteiger partial charge on any atom is -0.355 e. The van der Waals surface area contributed by atoms with Crippen molar-refractivity contribution < 1.29 is 4.79 Å². The summed E-state index contributed by atoms with van der Waals surface area (Å²) in [4.78, 5) is 16.5. The van der Waals surface area contributed by atoms with E-state index in [4.69, 9.17) is 5.26 Å². The van der Waals surface area contributed by atoms with Gasteiger partial charge in [0.1, 0.15) is 6.04 Å². The van der Waals surface area contributed by atoms with Crippen molar-refractivity contribution in [2.75, 3.05) is 36.0 Å². The monoisotopic (exact) mass is 256 g/mol. The summed E-state index contributed by atoms with van der Waals surface area (Å²) in [5.74, 6) is 0.122. The van der Waals surface area contributed by atoms with Crippen molar-refractivity contribution in [1.82, 2.24) is 5.32 Å². The van der Waals surface area contributed by atoms with Gasteiger partial charge in [0.25, 0.3) is 5.91 Å². The van der Waals surface area contributed by atoms with E-state index in [2.05, 4.69) is 16.3 Å². The van der Waals surface area contributed by atoms with Crippen LogP contribution in [0, 0.1) is 11.3 Å². The normalized spacial score (nSPS) is 21.7. The Hall–Kier alpha value is -2.06. The molecule has 1 N–H and O–H groups in total. The maximum Gasteiger partial charge on any atom is 0.251 e. The Morgan fingerprint density at radius 2 is 2.32 bits per heavy atom. The number of rotatable bonds is 1. The number of carbonyl (C=O) groups is 1. The molecule has 1 amide bonds. The fraction of sp³-hybridized carbons (Fsp3) is 0.429. The molecule has 1 saturated heterocycles. The van der Waals surface area contributed by atoms with E-state index in [1.165, 1.54) is 0 Å². The minimum absolute atomic E-state index is 0.117. The van der Waals surface area contributed by atoms with Gasteiger partial charge in [-0.15, -0.1) is 0 Å². The predicted octanol–water partition coefficient (Wildman–Crippen LogP) is 0.703. The number of piperazine rings is 1. The van der Waals surface area contributed by atoms with E-state index in [-0.39, 0.29) is 11.9 Å². The summed E-state index contributed by atoms with van der Waals surface area (Å²) in [5, 5.41) is 12.3. The summed E-state index contributed by atoms with van der Waals surface area (Å²) in [6.45, 7) is 4.99. The maximum absolute atomic E-state index is 12.5. The van der Waals surface area contributed by atoms with Crippen LogP contribution in [-0.2, 0) is 4.79 Å². The largest absolute Gasteiger partial charge is 0.355 e. The zero-order valence-corrected chi connectivity index (χ0v) is 10.9. The van der Waals surface area contributed by atoms with E-state index in [1.807, 2.05) is 25.1 Å². The molecule has 0 spiro atoms. The van der Waals surface area contributed by atoms with Gasteiger partial charge in [-0.3, -0.25) is 4.79 Å². The molecule has 5 heteroatoms. The van der Waals surface area contributed by atoms with Crippen LogP contribution in [0.25, 0.3) is 0 Å². The first-order chi connectivity index (χ1) is 9.26. The fourth-order valence-corrected chi connectivity index (χ4v) is 2.89. The second kappa shape index (κ2) is 4.56. The van der Waals surface area contributed by atoms with Gasteiger partial charge in [-0.1, -0.05) is 0 Å². The summed E-state index contributed by atoms with van der Waals surface area (Å²) >= 11 is 0. The van der Waals surface area contributed by atoms with E-state index >= 15 is 0 Å². The molecule has 1 aromatic carbocycles. The van der Waals surface area contributed by atoms with Gasteiger partial charge in [0.2, 0.25) is 0 Å². The van der Waals surface area contributed by atoms with Crippen LogP contribution in [0.1, 0.15) is 12.5 Å². The zero-order chi connectivity index (χ0) is 13.4. The molecule has 0 radical (unpaired) electrons. The molecule has 2 aliphatic rings. The van der Waals surface area contributed by atoms with Crippen molar-refractivity contribution in [2.45, 2.75) is 13.0 Å². The second-order valence-electron chi connectivity index (χ2n) is 4.81. The molecule has 0 aromatic heterocycles. The highest BCUT2D eigenvalue weighted by molar-refractivity contribution is 6.06. The SMILES string of the molecule is CCN1C(=O)C2CNCCN2c2ccc(C#N)cc21. The molecular formula is C14H16N4O.